The van der Waals surface area contributed by atoms with E-state index >= 15 is 0 Å². The van der Waals surface area contributed by atoms with Gasteiger partial charge in [0.05, 0.1) is 17.3 Å². The molecule has 2 aromatic rings. The average Bonchev–Trinajstić information content (AvgIpc) is 3.03. The fourth-order valence-electron chi connectivity index (χ4n) is 2.56. The van der Waals surface area contributed by atoms with E-state index in [0.717, 1.165) is 11.1 Å². The second-order valence-electron chi connectivity index (χ2n) is 5.74. The van der Waals surface area contributed by atoms with Gasteiger partial charge in [0, 0.05) is 5.56 Å². The van der Waals surface area contributed by atoms with Crippen LogP contribution in [-0.2, 0) is 4.79 Å². The fraction of sp³-hybridized carbons (Fsp3) is 0.222. The summed E-state index contributed by atoms with van der Waals surface area (Å²) in [5, 5.41) is 5.76. The van der Waals surface area contributed by atoms with Crippen LogP contribution in [0.2, 0.25) is 5.02 Å². The zero-order chi connectivity index (χ0) is 18.0. The van der Waals surface area contributed by atoms with Crippen LogP contribution in [0.4, 0.5) is 5.69 Å². The highest BCUT2D eigenvalue weighted by Crippen LogP contribution is 2.32. The molecule has 1 aliphatic rings. The SMILES string of the molecule is Cc1cc(C)c(NC(=O)CNC(=O)c2ccc3c(c2)OCO3)c(Cl)c1. The van der Waals surface area contributed by atoms with Gasteiger partial charge < -0.3 is 20.1 Å². The highest BCUT2D eigenvalue weighted by Gasteiger charge is 2.17. The normalized spacial score (nSPS) is 12.0. The lowest BCUT2D eigenvalue weighted by atomic mass is 10.1. The summed E-state index contributed by atoms with van der Waals surface area (Å²) in [7, 11) is 0. The largest absolute Gasteiger partial charge is 0.454 e. The van der Waals surface area contributed by atoms with Crippen LogP contribution in [0.5, 0.6) is 11.5 Å². The molecule has 3 rings (SSSR count). The van der Waals surface area contributed by atoms with Crippen molar-refractivity contribution in [3.63, 3.8) is 0 Å². The second-order valence-corrected chi connectivity index (χ2v) is 6.14. The van der Waals surface area contributed by atoms with Crippen molar-refractivity contribution in [1.82, 2.24) is 5.32 Å². The summed E-state index contributed by atoms with van der Waals surface area (Å²) in [6.45, 7) is 3.76. The first-order valence-electron chi connectivity index (χ1n) is 7.68. The van der Waals surface area contributed by atoms with Gasteiger partial charge in [-0.1, -0.05) is 17.7 Å². The number of hydrogen-bond donors (Lipinski definition) is 2. The van der Waals surface area contributed by atoms with Gasteiger partial charge in [-0.15, -0.1) is 0 Å². The first-order valence-corrected chi connectivity index (χ1v) is 8.06. The van der Waals surface area contributed by atoms with Gasteiger partial charge in [0.2, 0.25) is 12.7 Å². The number of fused-ring (bicyclic) bond motifs is 1. The van der Waals surface area contributed by atoms with Crippen molar-refractivity contribution in [3.05, 3.63) is 52.0 Å². The van der Waals surface area contributed by atoms with Crippen molar-refractivity contribution in [3.8, 4) is 11.5 Å². The molecule has 0 aliphatic carbocycles. The Morgan fingerprint density at radius 1 is 1.12 bits per heavy atom. The van der Waals surface area contributed by atoms with E-state index in [-0.39, 0.29) is 25.2 Å². The van der Waals surface area contributed by atoms with E-state index in [0.29, 0.717) is 27.8 Å². The van der Waals surface area contributed by atoms with E-state index in [1.54, 1.807) is 24.3 Å². The zero-order valence-corrected chi connectivity index (χ0v) is 14.6. The molecule has 1 aliphatic heterocycles. The van der Waals surface area contributed by atoms with Crippen molar-refractivity contribution in [2.24, 2.45) is 0 Å². The lowest BCUT2D eigenvalue weighted by Crippen LogP contribution is -2.33. The van der Waals surface area contributed by atoms with Gasteiger partial charge in [-0.05, 0) is 49.2 Å². The molecule has 0 aromatic heterocycles. The summed E-state index contributed by atoms with van der Waals surface area (Å²) < 4.78 is 10.4. The molecule has 7 heteroatoms. The molecule has 0 fully saturated rings. The quantitative estimate of drug-likeness (QED) is 0.878. The van der Waals surface area contributed by atoms with Gasteiger partial charge >= 0.3 is 0 Å². The zero-order valence-electron chi connectivity index (χ0n) is 13.8. The van der Waals surface area contributed by atoms with Gasteiger partial charge in [0.25, 0.3) is 5.91 Å². The van der Waals surface area contributed by atoms with E-state index in [9.17, 15) is 9.59 Å². The van der Waals surface area contributed by atoms with Crippen LogP contribution in [0, 0.1) is 13.8 Å². The van der Waals surface area contributed by atoms with Crippen LogP contribution in [0.15, 0.2) is 30.3 Å². The van der Waals surface area contributed by atoms with E-state index < -0.39 is 0 Å². The number of ether oxygens (including phenoxy) is 2. The molecular weight excluding hydrogens is 344 g/mol. The maximum absolute atomic E-state index is 12.2. The number of benzene rings is 2. The van der Waals surface area contributed by atoms with E-state index in [1.165, 1.54) is 0 Å². The standard InChI is InChI=1S/C18H17ClN2O4/c1-10-5-11(2)17(13(19)6-10)21-16(22)8-20-18(23)12-3-4-14-15(7-12)25-9-24-14/h3-7H,8-9H2,1-2H3,(H,20,23)(H,21,22). The van der Waals surface area contributed by atoms with Crippen LogP contribution >= 0.6 is 11.6 Å². The molecule has 0 unspecified atom stereocenters. The molecule has 2 amide bonds. The van der Waals surface area contributed by atoms with E-state index in [1.807, 2.05) is 19.9 Å². The van der Waals surface area contributed by atoms with Crippen LogP contribution in [0.25, 0.3) is 0 Å². The van der Waals surface area contributed by atoms with Crippen molar-refractivity contribution >= 4 is 29.1 Å². The fourth-order valence-corrected chi connectivity index (χ4v) is 2.93. The number of hydrogen-bond acceptors (Lipinski definition) is 4. The van der Waals surface area contributed by atoms with Crippen LogP contribution in [0.3, 0.4) is 0 Å². The first-order chi connectivity index (χ1) is 11.9. The Bertz CT molecular complexity index is 828. The summed E-state index contributed by atoms with van der Waals surface area (Å²) in [5.74, 6) is 0.376. The monoisotopic (exact) mass is 360 g/mol. The molecule has 2 aromatic carbocycles. The summed E-state index contributed by atoms with van der Waals surface area (Å²) in [4.78, 5) is 24.3. The summed E-state index contributed by atoms with van der Waals surface area (Å²) >= 11 is 6.16. The predicted octanol–water partition coefficient (Wildman–Crippen LogP) is 3.05. The molecule has 1 heterocycles. The molecule has 0 spiro atoms. The number of carbonyl (C=O) groups excluding carboxylic acids is 2. The minimum Gasteiger partial charge on any atom is -0.454 e. The minimum atomic E-state index is -0.375. The van der Waals surface area contributed by atoms with E-state index in [4.69, 9.17) is 21.1 Å². The Balaban J connectivity index is 1.60. The number of amides is 2. The highest BCUT2D eigenvalue weighted by atomic mass is 35.5. The molecule has 0 atom stereocenters. The second kappa shape index (κ2) is 7.03. The molecule has 0 saturated carbocycles. The number of nitrogens with one attached hydrogen (secondary N) is 2. The number of rotatable bonds is 4. The van der Waals surface area contributed by atoms with Crippen LogP contribution < -0.4 is 20.1 Å². The van der Waals surface area contributed by atoms with Gasteiger partial charge in [-0.25, -0.2) is 0 Å². The van der Waals surface area contributed by atoms with Crippen molar-refractivity contribution in [1.29, 1.82) is 0 Å². The Morgan fingerprint density at radius 3 is 2.64 bits per heavy atom. The van der Waals surface area contributed by atoms with Crippen molar-refractivity contribution < 1.29 is 19.1 Å². The predicted molar refractivity (Wildman–Crippen MR) is 94.5 cm³/mol. The van der Waals surface area contributed by atoms with Gasteiger partial charge in [-0.3, -0.25) is 9.59 Å². The van der Waals surface area contributed by atoms with E-state index in [2.05, 4.69) is 10.6 Å². The molecular formula is C18H17ClN2O4. The summed E-state index contributed by atoms with van der Waals surface area (Å²) in [5.41, 5.74) is 2.81. The molecule has 25 heavy (non-hydrogen) atoms. The lowest BCUT2D eigenvalue weighted by molar-refractivity contribution is -0.115. The van der Waals surface area contributed by atoms with Gasteiger partial charge in [-0.2, -0.15) is 0 Å². The highest BCUT2D eigenvalue weighted by molar-refractivity contribution is 6.34. The Hall–Kier alpha value is -2.73. The smallest absolute Gasteiger partial charge is 0.251 e. The Morgan fingerprint density at radius 2 is 1.88 bits per heavy atom. The maximum Gasteiger partial charge on any atom is 0.251 e. The molecule has 0 saturated heterocycles. The lowest BCUT2D eigenvalue weighted by Gasteiger charge is -2.12. The minimum absolute atomic E-state index is 0.138. The third-order valence-electron chi connectivity index (χ3n) is 3.74. The van der Waals surface area contributed by atoms with Crippen molar-refractivity contribution in [2.75, 3.05) is 18.7 Å². The maximum atomic E-state index is 12.2. The number of anilines is 1. The third kappa shape index (κ3) is 3.85. The number of halogens is 1. The molecule has 0 radical (unpaired) electrons. The summed E-state index contributed by atoms with van der Waals surface area (Å²) in [6, 6.07) is 8.55. The summed E-state index contributed by atoms with van der Waals surface area (Å²) in [6.07, 6.45) is 0. The molecule has 6 nitrogen and oxygen atoms in total. The first kappa shape index (κ1) is 17.1. The van der Waals surface area contributed by atoms with Gasteiger partial charge in [0.1, 0.15) is 0 Å². The Labute approximate surface area is 150 Å². The van der Waals surface area contributed by atoms with Crippen LogP contribution in [-0.4, -0.2) is 25.2 Å². The van der Waals surface area contributed by atoms with Crippen LogP contribution in [0.1, 0.15) is 21.5 Å². The topological polar surface area (TPSA) is 76.7 Å². The van der Waals surface area contributed by atoms with Gasteiger partial charge in [0.15, 0.2) is 11.5 Å². The van der Waals surface area contributed by atoms with Crippen molar-refractivity contribution in [2.45, 2.75) is 13.8 Å². The molecule has 2 N–H and O–H groups in total. The number of carbonyl (C=O) groups is 2. The average molecular weight is 361 g/mol. The number of aryl methyl sites for hydroxylation is 2. The molecule has 130 valence electrons. The molecule has 0 bridgehead atoms. The third-order valence-corrected chi connectivity index (χ3v) is 4.04. The Kier molecular flexibility index (Phi) is 4.81.